The van der Waals surface area contributed by atoms with Crippen LogP contribution < -0.4 is 4.90 Å². The van der Waals surface area contributed by atoms with Gasteiger partial charge in [-0.3, -0.25) is 4.79 Å². The Kier molecular flexibility index (Phi) is 6.15. The lowest BCUT2D eigenvalue weighted by Crippen LogP contribution is -3.15. The Morgan fingerprint density at radius 2 is 1.78 bits per heavy atom. The number of nitrogens with one attached hydrogen (secondary N) is 1. The van der Waals surface area contributed by atoms with Crippen LogP contribution >= 0.6 is 0 Å². The molecule has 0 unspecified atom stereocenters. The van der Waals surface area contributed by atoms with E-state index in [2.05, 4.69) is 0 Å². The van der Waals surface area contributed by atoms with Crippen LogP contribution in [0.1, 0.15) is 13.8 Å². The zero-order valence-corrected chi connectivity index (χ0v) is 16.5. The molecule has 1 aromatic rings. The molecule has 2 aliphatic heterocycles. The van der Waals surface area contributed by atoms with Crippen LogP contribution in [0.5, 0.6) is 0 Å². The Labute approximate surface area is 159 Å². The molecule has 0 radical (unpaired) electrons. The lowest BCUT2D eigenvalue weighted by Gasteiger charge is -2.37. The van der Waals surface area contributed by atoms with Crippen LogP contribution in [0.2, 0.25) is 0 Å². The summed E-state index contributed by atoms with van der Waals surface area (Å²) in [7, 11) is -3.85. The standard InChI is InChI=1S/C18H26FN3O4S/c1-14-11-21(12-15(2)26-14)18(23)13-20-7-9-22(10-8-20)27(24,25)17-6-4-3-5-16(17)19/h3-6,14-15H,7-13H2,1-2H3/p+1/t14-,15-/m0/s1. The van der Waals surface area contributed by atoms with Crippen molar-refractivity contribution < 1.29 is 27.2 Å². The number of quaternary nitrogens is 1. The fourth-order valence-corrected chi connectivity index (χ4v) is 5.23. The molecule has 2 atom stereocenters. The molecule has 27 heavy (non-hydrogen) atoms. The van der Waals surface area contributed by atoms with Crippen LogP contribution in [0.25, 0.3) is 0 Å². The van der Waals surface area contributed by atoms with Gasteiger partial charge in [-0.2, -0.15) is 4.31 Å². The number of hydrogen-bond donors (Lipinski definition) is 1. The van der Waals surface area contributed by atoms with Gasteiger partial charge in [0.15, 0.2) is 6.54 Å². The first-order valence-corrected chi connectivity index (χ1v) is 10.7. The number of benzene rings is 1. The summed E-state index contributed by atoms with van der Waals surface area (Å²) in [5, 5.41) is 0. The number of morpholine rings is 1. The van der Waals surface area contributed by atoms with E-state index in [1.807, 2.05) is 18.7 Å². The first kappa shape index (κ1) is 20.2. The highest BCUT2D eigenvalue weighted by Crippen LogP contribution is 2.18. The van der Waals surface area contributed by atoms with Gasteiger partial charge in [0, 0.05) is 13.1 Å². The molecule has 0 spiro atoms. The van der Waals surface area contributed by atoms with E-state index < -0.39 is 15.8 Å². The number of sulfonamides is 1. The lowest BCUT2D eigenvalue weighted by atomic mass is 10.2. The van der Waals surface area contributed by atoms with Crippen molar-refractivity contribution >= 4 is 15.9 Å². The van der Waals surface area contributed by atoms with Gasteiger partial charge in [0.2, 0.25) is 10.0 Å². The zero-order chi connectivity index (χ0) is 19.6. The van der Waals surface area contributed by atoms with E-state index in [1.165, 1.54) is 22.5 Å². The lowest BCUT2D eigenvalue weighted by molar-refractivity contribution is -0.896. The highest BCUT2D eigenvalue weighted by Gasteiger charge is 2.34. The van der Waals surface area contributed by atoms with E-state index in [0.717, 1.165) is 11.0 Å². The van der Waals surface area contributed by atoms with Gasteiger partial charge in [0.25, 0.3) is 5.91 Å². The number of halogens is 1. The average Bonchev–Trinajstić information content (AvgIpc) is 2.61. The number of piperazine rings is 1. The molecule has 2 aliphatic rings. The average molecular weight is 400 g/mol. The van der Waals surface area contributed by atoms with Crippen LogP contribution in [0.15, 0.2) is 29.2 Å². The summed E-state index contributed by atoms with van der Waals surface area (Å²) < 4.78 is 46.1. The Hall–Kier alpha value is -1.55. The van der Waals surface area contributed by atoms with Crippen LogP contribution in [0, 0.1) is 5.82 Å². The molecule has 0 bridgehead atoms. The Balaban J connectivity index is 1.56. The fourth-order valence-electron chi connectivity index (χ4n) is 3.72. The molecule has 7 nitrogen and oxygen atoms in total. The number of carbonyl (C=O) groups is 1. The third-order valence-electron chi connectivity index (χ3n) is 5.06. The van der Waals surface area contributed by atoms with Gasteiger partial charge in [-0.1, -0.05) is 12.1 Å². The fraction of sp³-hybridized carbons (Fsp3) is 0.611. The van der Waals surface area contributed by atoms with Crippen molar-refractivity contribution in [2.24, 2.45) is 0 Å². The van der Waals surface area contributed by atoms with Crippen LogP contribution in [0.4, 0.5) is 4.39 Å². The molecule has 150 valence electrons. The van der Waals surface area contributed by atoms with Gasteiger partial charge in [-0.25, -0.2) is 12.8 Å². The number of amides is 1. The van der Waals surface area contributed by atoms with Crippen molar-refractivity contribution in [2.75, 3.05) is 45.8 Å². The van der Waals surface area contributed by atoms with Crippen molar-refractivity contribution in [2.45, 2.75) is 31.0 Å². The predicted octanol–water partition coefficient (Wildman–Crippen LogP) is -0.649. The van der Waals surface area contributed by atoms with Crippen molar-refractivity contribution in [3.05, 3.63) is 30.1 Å². The number of nitrogens with zero attached hydrogens (tertiary/aromatic N) is 2. The SMILES string of the molecule is C[C@H]1CN(C(=O)C[NH+]2CCN(S(=O)(=O)c3ccccc3F)CC2)C[C@H](C)O1. The number of carbonyl (C=O) groups excluding carboxylic acids is 1. The summed E-state index contributed by atoms with van der Waals surface area (Å²) in [4.78, 5) is 15.2. The molecule has 2 heterocycles. The molecule has 1 N–H and O–H groups in total. The highest BCUT2D eigenvalue weighted by atomic mass is 32.2. The van der Waals surface area contributed by atoms with Crippen molar-refractivity contribution in [3.8, 4) is 0 Å². The minimum Gasteiger partial charge on any atom is -0.372 e. The molecular weight excluding hydrogens is 373 g/mol. The van der Waals surface area contributed by atoms with Crippen LogP contribution in [-0.4, -0.2) is 81.6 Å². The van der Waals surface area contributed by atoms with E-state index >= 15 is 0 Å². The minimum absolute atomic E-state index is 0.0236. The first-order chi connectivity index (χ1) is 12.8. The Morgan fingerprint density at radius 1 is 1.19 bits per heavy atom. The first-order valence-electron chi connectivity index (χ1n) is 9.29. The third kappa shape index (κ3) is 4.66. The zero-order valence-electron chi connectivity index (χ0n) is 15.7. The highest BCUT2D eigenvalue weighted by molar-refractivity contribution is 7.89. The van der Waals surface area contributed by atoms with Gasteiger partial charge in [-0.15, -0.1) is 0 Å². The maximum Gasteiger partial charge on any atom is 0.277 e. The summed E-state index contributed by atoms with van der Waals surface area (Å²) in [6.45, 7) is 7.01. The molecule has 0 saturated carbocycles. The molecule has 9 heteroatoms. The summed E-state index contributed by atoms with van der Waals surface area (Å²) >= 11 is 0. The number of ether oxygens (including phenoxy) is 1. The monoisotopic (exact) mass is 400 g/mol. The molecule has 2 fully saturated rings. The molecule has 3 rings (SSSR count). The Bertz CT molecular complexity index is 771. The summed E-state index contributed by atoms with van der Waals surface area (Å²) in [5.74, 6) is -0.671. The van der Waals surface area contributed by atoms with Gasteiger partial charge in [0.05, 0.1) is 38.4 Å². The predicted molar refractivity (Wildman–Crippen MR) is 97.3 cm³/mol. The van der Waals surface area contributed by atoms with Crippen molar-refractivity contribution in [3.63, 3.8) is 0 Å². The topological polar surface area (TPSA) is 71.4 Å². The maximum absolute atomic E-state index is 13.9. The van der Waals surface area contributed by atoms with Gasteiger partial charge < -0.3 is 14.5 Å². The van der Waals surface area contributed by atoms with Crippen LogP contribution in [0.3, 0.4) is 0 Å². The Morgan fingerprint density at radius 3 is 2.37 bits per heavy atom. The van der Waals surface area contributed by atoms with Gasteiger partial charge in [0.1, 0.15) is 10.7 Å². The number of hydrogen-bond acceptors (Lipinski definition) is 4. The largest absolute Gasteiger partial charge is 0.372 e. The second kappa shape index (κ2) is 8.22. The maximum atomic E-state index is 13.9. The van der Waals surface area contributed by atoms with Crippen LogP contribution in [-0.2, 0) is 19.6 Å². The van der Waals surface area contributed by atoms with Crippen molar-refractivity contribution in [1.29, 1.82) is 0 Å². The van der Waals surface area contributed by atoms with Crippen molar-refractivity contribution in [1.82, 2.24) is 9.21 Å². The molecule has 1 aromatic carbocycles. The smallest absolute Gasteiger partial charge is 0.277 e. The van der Waals surface area contributed by atoms with E-state index in [1.54, 1.807) is 0 Å². The van der Waals surface area contributed by atoms with E-state index in [4.69, 9.17) is 4.74 Å². The number of rotatable bonds is 4. The molecule has 1 amide bonds. The molecule has 0 aliphatic carbocycles. The third-order valence-corrected chi connectivity index (χ3v) is 6.99. The van der Waals surface area contributed by atoms with E-state index in [-0.39, 0.29) is 36.1 Å². The normalized spacial score (nSPS) is 25.5. The van der Waals surface area contributed by atoms with Gasteiger partial charge >= 0.3 is 0 Å². The molecular formula is C18H27FN3O4S+. The molecule has 0 aromatic heterocycles. The summed E-state index contributed by atoms with van der Waals surface area (Å²) in [5.41, 5.74) is 0. The van der Waals surface area contributed by atoms with E-state index in [0.29, 0.717) is 32.7 Å². The summed E-state index contributed by atoms with van der Waals surface area (Å²) in [6.07, 6.45) is 0.0471. The second-order valence-electron chi connectivity index (χ2n) is 7.32. The van der Waals surface area contributed by atoms with Gasteiger partial charge in [-0.05, 0) is 26.0 Å². The van der Waals surface area contributed by atoms with E-state index in [9.17, 15) is 17.6 Å². The molecule has 2 saturated heterocycles. The quantitative estimate of drug-likeness (QED) is 0.729. The summed E-state index contributed by atoms with van der Waals surface area (Å²) in [6, 6.07) is 5.42. The second-order valence-corrected chi connectivity index (χ2v) is 9.22. The minimum atomic E-state index is -3.85.